The smallest absolute Gasteiger partial charge is 0.407 e. The number of rotatable bonds is 5. The fourth-order valence-corrected chi connectivity index (χ4v) is 1.71. The molecule has 0 aliphatic carbocycles. The van der Waals surface area contributed by atoms with Crippen molar-refractivity contribution >= 4 is 12.1 Å². The molecule has 0 spiro atoms. The lowest BCUT2D eigenvalue weighted by molar-refractivity contribution is 0.0683. The number of amides is 1. The topological polar surface area (TPSA) is 106 Å². The average Bonchev–Trinajstić information content (AvgIpc) is 2.85. The van der Waals surface area contributed by atoms with E-state index in [4.69, 9.17) is 9.84 Å². The van der Waals surface area contributed by atoms with Crippen molar-refractivity contribution in [1.82, 2.24) is 20.3 Å². The first-order valence-corrected chi connectivity index (χ1v) is 6.14. The van der Waals surface area contributed by atoms with Gasteiger partial charge < -0.3 is 15.2 Å². The summed E-state index contributed by atoms with van der Waals surface area (Å²) in [4.78, 5) is 22.6. The predicted molar refractivity (Wildman–Crippen MR) is 71.4 cm³/mol. The van der Waals surface area contributed by atoms with Gasteiger partial charge in [0.2, 0.25) is 0 Å². The predicted octanol–water partition coefficient (Wildman–Crippen LogP) is 0.940. The fourth-order valence-electron chi connectivity index (χ4n) is 1.71. The number of carboxylic acids is 1. The van der Waals surface area contributed by atoms with Crippen LogP contribution in [0.5, 0.6) is 0 Å². The molecule has 8 nitrogen and oxygen atoms in total. The van der Waals surface area contributed by atoms with Gasteiger partial charge in [0.1, 0.15) is 12.3 Å². The number of ether oxygens (including phenoxy) is 1. The van der Waals surface area contributed by atoms with Gasteiger partial charge in [0.05, 0.1) is 6.54 Å². The van der Waals surface area contributed by atoms with Gasteiger partial charge in [0.15, 0.2) is 5.69 Å². The molecule has 1 amide bonds. The van der Waals surface area contributed by atoms with Gasteiger partial charge in [-0.05, 0) is 5.56 Å². The van der Waals surface area contributed by atoms with Crippen molar-refractivity contribution in [3.8, 4) is 0 Å². The molecule has 0 fully saturated rings. The van der Waals surface area contributed by atoms with Crippen molar-refractivity contribution in [2.45, 2.75) is 13.2 Å². The van der Waals surface area contributed by atoms with Gasteiger partial charge in [-0.1, -0.05) is 35.5 Å². The summed E-state index contributed by atoms with van der Waals surface area (Å²) < 4.78 is 6.14. The molecule has 0 saturated heterocycles. The summed E-state index contributed by atoms with van der Waals surface area (Å²) in [5.41, 5.74) is 0.957. The molecular weight excluding hydrogens is 276 g/mol. The Hall–Kier alpha value is -2.90. The molecule has 21 heavy (non-hydrogen) atoms. The maximum atomic E-state index is 11.5. The largest absolute Gasteiger partial charge is 0.476 e. The molecule has 0 unspecified atom stereocenters. The molecule has 1 aromatic heterocycles. The average molecular weight is 290 g/mol. The van der Waals surface area contributed by atoms with E-state index in [1.807, 2.05) is 30.3 Å². The van der Waals surface area contributed by atoms with Gasteiger partial charge in [0, 0.05) is 7.05 Å². The highest BCUT2D eigenvalue weighted by Gasteiger charge is 2.18. The minimum atomic E-state index is -1.16. The normalized spacial score (nSPS) is 10.1. The van der Waals surface area contributed by atoms with Gasteiger partial charge in [-0.2, -0.15) is 0 Å². The Bertz CT molecular complexity index is 639. The summed E-state index contributed by atoms with van der Waals surface area (Å²) in [6.07, 6.45) is -0.652. The number of aromatic carboxylic acids is 1. The van der Waals surface area contributed by atoms with E-state index < -0.39 is 12.1 Å². The first-order chi connectivity index (χ1) is 10.1. The van der Waals surface area contributed by atoms with E-state index in [0.29, 0.717) is 0 Å². The summed E-state index contributed by atoms with van der Waals surface area (Å²) in [6.45, 7) is 0.0715. The third kappa shape index (κ3) is 3.78. The first-order valence-electron chi connectivity index (χ1n) is 6.14. The monoisotopic (exact) mass is 290 g/mol. The third-order valence-electron chi connectivity index (χ3n) is 2.71. The first kappa shape index (κ1) is 14.5. The Morgan fingerprint density at radius 2 is 2.05 bits per heavy atom. The molecule has 0 aliphatic heterocycles. The van der Waals surface area contributed by atoms with Gasteiger partial charge in [-0.15, -0.1) is 5.10 Å². The molecule has 0 radical (unpaired) electrons. The van der Waals surface area contributed by atoms with Crippen molar-refractivity contribution in [1.29, 1.82) is 0 Å². The van der Waals surface area contributed by atoms with E-state index in [1.165, 1.54) is 7.05 Å². The number of carboxylic acid groups (broad SMARTS) is 1. The Morgan fingerprint density at radius 3 is 2.71 bits per heavy atom. The Morgan fingerprint density at radius 1 is 1.33 bits per heavy atom. The summed E-state index contributed by atoms with van der Waals surface area (Å²) in [7, 11) is 1.47. The molecule has 2 aromatic rings. The van der Waals surface area contributed by atoms with Crippen LogP contribution in [0.15, 0.2) is 30.3 Å². The van der Waals surface area contributed by atoms with E-state index in [-0.39, 0.29) is 24.5 Å². The second-order valence-electron chi connectivity index (χ2n) is 4.23. The number of nitrogens with zero attached hydrogens (tertiary/aromatic N) is 3. The SMILES string of the molecule is Cn1nnc(CNC(=O)OCc2ccccc2)c1C(=O)O. The van der Waals surface area contributed by atoms with Crippen LogP contribution in [0.25, 0.3) is 0 Å². The van der Waals surface area contributed by atoms with E-state index >= 15 is 0 Å². The van der Waals surface area contributed by atoms with Gasteiger partial charge in [-0.3, -0.25) is 0 Å². The highest BCUT2D eigenvalue weighted by atomic mass is 16.5. The summed E-state index contributed by atoms with van der Waals surface area (Å²) >= 11 is 0. The van der Waals surface area contributed by atoms with Crippen LogP contribution >= 0.6 is 0 Å². The van der Waals surface area contributed by atoms with Crippen LogP contribution in [0.1, 0.15) is 21.7 Å². The summed E-state index contributed by atoms with van der Waals surface area (Å²) in [5, 5.41) is 18.7. The van der Waals surface area contributed by atoms with E-state index in [1.54, 1.807) is 0 Å². The molecule has 0 atom stereocenters. The molecule has 110 valence electrons. The zero-order valence-corrected chi connectivity index (χ0v) is 11.3. The lowest BCUT2D eigenvalue weighted by atomic mass is 10.2. The lowest BCUT2D eigenvalue weighted by Crippen LogP contribution is -2.25. The molecule has 0 aliphatic rings. The van der Waals surface area contributed by atoms with Crippen LogP contribution < -0.4 is 5.32 Å². The molecule has 0 bridgehead atoms. The highest BCUT2D eigenvalue weighted by Crippen LogP contribution is 2.04. The fraction of sp³-hybridized carbons (Fsp3) is 0.231. The minimum Gasteiger partial charge on any atom is -0.476 e. The number of hydrogen-bond acceptors (Lipinski definition) is 5. The Labute approximate surface area is 120 Å². The second-order valence-corrected chi connectivity index (χ2v) is 4.23. The van der Waals surface area contributed by atoms with Crippen molar-refractivity contribution in [2.75, 3.05) is 0 Å². The molecule has 2 N–H and O–H groups in total. The molecule has 8 heteroatoms. The number of carbonyl (C=O) groups excluding carboxylic acids is 1. The van der Waals surface area contributed by atoms with E-state index in [0.717, 1.165) is 10.2 Å². The third-order valence-corrected chi connectivity index (χ3v) is 2.71. The second kappa shape index (κ2) is 6.51. The number of alkyl carbamates (subject to hydrolysis) is 1. The van der Waals surface area contributed by atoms with Gasteiger partial charge >= 0.3 is 12.1 Å². The Balaban J connectivity index is 1.86. The van der Waals surface area contributed by atoms with Crippen LogP contribution in [0.2, 0.25) is 0 Å². The molecule has 1 aromatic carbocycles. The van der Waals surface area contributed by atoms with Crippen LogP contribution in [0, 0.1) is 0 Å². The van der Waals surface area contributed by atoms with E-state index in [2.05, 4.69) is 15.6 Å². The van der Waals surface area contributed by atoms with Crippen LogP contribution in [0.4, 0.5) is 4.79 Å². The van der Waals surface area contributed by atoms with Crippen molar-refractivity contribution < 1.29 is 19.4 Å². The minimum absolute atomic E-state index is 0.0664. The van der Waals surface area contributed by atoms with Crippen molar-refractivity contribution in [3.63, 3.8) is 0 Å². The molecule has 1 heterocycles. The Kier molecular flexibility index (Phi) is 4.50. The maximum absolute atomic E-state index is 11.5. The van der Waals surface area contributed by atoms with E-state index in [9.17, 15) is 9.59 Å². The number of hydrogen-bond donors (Lipinski definition) is 2. The summed E-state index contributed by atoms with van der Waals surface area (Å²) in [5.74, 6) is -1.16. The zero-order chi connectivity index (χ0) is 15.2. The molecule has 2 rings (SSSR count). The number of benzene rings is 1. The summed E-state index contributed by atoms with van der Waals surface area (Å²) in [6, 6.07) is 9.21. The maximum Gasteiger partial charge on any atom is 0.407 e. The standard InChI is InChI=1S/C13H14N4O4/c1-17-11(12(18)19)10(15-16-17)7-14-13(20)21-8-9-5-3-2-4-6-9/h2-6H,7-8H2,1H3,(H,14,20)(H,18,19). The molecule has 0 saturated carbocycles. The van der Waals surface area contributed by atoms with Crippen molar-refractivity contribution in [3.05, 3.63) is 47.3 Å². The highest BCUT2D eigenvalue weighted by molar-refractivity contribution is 5.86. The number of nitrogens with one attached hydrogen (secondary N) is 1. The van der Waals surface area contributed by atoms with Crippen LogP contribution in [0.3, 0.4) is 0 Å². The van der Waals surface area contributed by atoms with Crippen LogP contribution in [-0.2, 0) is 24.9 Å². The quantitative estimate of drug-likeness (QED) is 0.848. The number of aryl methyl sites for hydroxylation is 1. The van der Waals surface area contributed by atoms with Gasteiger partial charge in [-0.25, -0.2) is 14.3 Å². The number of carbonyl (C=O) groups is 2. The number of aromatic nitrogens is 3. The molecular formula is C13H14N4O4. The lowest BCUT2D eigenvalue weighted by Gasteiger charge is -2.06. The van der Waals surface area contributed by atoms with Crippen molar-refractivity contribution in [2.24, 2.45) is 7.05 Å². The van der Waals surface area contributed by atoms with Crippen LogP contribution in [-0.4, -0.2) is 32.2 Å². The zero-order valence-electron chi connectivity index (χ0n) is 11.3. The van der Waals surface area contributed by atoms with Gasteiger partial charge in [0.25, 0.3) is 0 Å².